The molecule has 0 saturated carbocycles. The third kappa shape index (κ3) is 5.67. The number of ether oxygens (including phenoxy) is 1. The van der Waals surface area contributed by atoms with Gasteiger partial charge in [-0.15, -0.1) is 0 Å². The van der Waals surface area contributed by atoms with Crippen molar-refractivity contribution in [1.82, 2.24) is 0 Å². The molecule has 0 aliphatic carbocycles. The zero-order valence-corrected chi connectivity index (χ0v) is 17.4. The summed E-state index contributed by atoms with van der Waals surface area (Å²) in [6, 6.07) is 3.12. The average molecular weight is 421 g/mol. The standard InChI is InChI=1S/C22H28FNO6/c1-11(2)24-15-9-14-6-5-7-17(25)21(28)20(27)16(23)8-12(3)13(4)30-22(29)19(14)18(26)10-15/h5-6,8-13,17,21,24-26,28H,7H2,1-4H3/b6-5+,16-8+/t12-,13-,17-,21-/m0/s1. The van der Waals surface area contributed by atoms with Gasteiger partial charge in [0.25, 0.3) is 0 Å². The van der Waals surface area contributed by atoms with Crippen molar-refractivity contribution in [2.45, 2.75) is 58.5 Å². The number of nitrogens with one attached hydrogen (secondary N) is 1. The van der Waals surface area contributed by atoms with Crippen LogP contribution in [-0.2, 0) is 9.53 Å². The maximum absolute atomic E-state index is 14.2. The molecule has 0 saturated heterocycles. The van der Waals surface area contributed by atoms with E-state index in [0.717, 1.165) is 6.08 Å². The number of fused-ring (bicyclic) bond motifs is 1. The number of halogens is 1. The molecule has 0 amide bonds. The molecule has 0 fully saturated rings. The Bertz CT molecular complexity index is 863. The number of phenols is 1. The predicted octanol–water partition coefficient (Wildman–Crippen LogP) is 2.96. The smallest absolute Gasteiger partial charge is 0.342 e. The number of hydrogen-bond donors (Lipinski definition) is 4. The van der Waals surface area contributed by atoms with Crippen molar-refractivity contribution in [1.29, 1.82) is 0 Å². The zero-order valence-electron chi connectivity index (χ0n) is 17.4. The lowest BCUT2D eigenvalue weighted by Crippen LogP contribution is -2.34. The minimum absolute atomic E-state index is 0.0717. The second kappa shape index (κ2) is 9.86. The summed E-state index contributed by atoms with van der Waals surface area (Å²) in [5.74, 6) is -4.26. The van der Waals surface area contributed by atoms with Crippen molar-refractivity contribution in [3.63, 3.8) is 0 Å². The summed E-state index contributed by atoms with van der Waals surface area (Å²) in [7, 11) is 0. The highest BCUT2D eigenvalue weighted by Crippen LogP contribution is 2.30. The van der Waals surface area contributed by atoms with E-state index >= 15 is 0 Å². The van der Waals surface area contributed by atoms with Crippen LogP contribution in [0.5, 0.6) is 5.75 Å². The average Bonchev–Trinajstić information content (AvgIpc) is 2.64. The molecule has 4 N–H and O–H groups in total. The quantitative estimate of drug-likeness (QED) is 0.543. The molecule has 4 atom stereocenters. The van der Waals surface area contributed by atoms with Crippen molar-refractivity contribution >= 4 is 23.5 Å². The molecular formula is C22H28FNO6. The number of ketones is 1. The maximum atomic E-state index is 14.2. The first-order valence-corrected chi connectivity index (χ1v) is 9.80. The molecule has 7 nitrogen and oxygen atoms in total. The summed E-state index contributed by atoms with van der Waals surface area (Å²) >= 11 is 0. The molecule has 8 heteroatoms. The van der Waals surface area contributed by atoms with Crippen LogP contribution < -0.4 is 5.32 Å². The van der Waals surface area contributed by atoms with Crippen LogP contribution >= 0.6 is 0 Å². The van der Waals surface area contributed by atoms with Crippen molar-refractivity contribution in [2.75, 3.05) is 5.32 Å². The van der Waals surface area contributed by atoms with Crippen LogP contribution in [0.4, 0.5) is 10.1 Å². The lowest BCUT2D eigenvalue weighted by atomic mass is 9.99. The van der Waals surface area contributed by atoms with Gasteiger partial charge in [-0.2, -0.15) is 0 Å². The molecule has 0 bridgehead atoms. The monoisotopic (exact) mass is 421 g/mol. The van der Waals surface area contributed by atoms with Crippen LogP contribution in [0.15, 0.2) is 30.1 Å². The maximum Gasteiger partial charge on any atom is 0.342 e. The summed E-state index contributed by atoms with van der Waals surface area (Å²) in [4.78, 5) is 24.7. The molecule has 1 aromatic carbocycles. The topological polar surface area (TPSA) is 116 Å². The number of carbonyl (C=O) groups excluding carboxylic acids is 2. The molecule has 1 aromatic rings. The minimum atomic E-state index is -1.93. The Morgan fingerprint density at radius 3 is 2.50 bits per heavy atom. The van der Waals surface area contributed by atoms with Gasteiger partial charge in [0.05, 0.1) is 6.10 Å². The van der Waals surface area contributed by atoms with Gasteiger partial charge in [0.2, 0.25) is 5.78 Å². The molecule has 30 heavy (non-hydrogen) atoms. The summed E-state index contributed by atoms with van der Waals surface area (Å²) in [6.07, 6.45) is -0.645. The first-order valence-electron chi connectivity index (χ1n) is 9.80. The second-order valence-corrected chi connectivity index (χ2v) is 7.76. The highest BCUT2D eigenvalue weighted by molar-refractivity contribution is 5.98. The SMILES string of the molecule is CC(C)Nc1cc(O)c2c(c1)/C=C/C[C@H](O)[C@H](O)C(=O)/C(F)=C\[C@H](C)[C@H](C)OC2=O. The molecule has 0 radical (unpaired) electrons. The first-order chi connectivity index (χ1) is 14.0. The molecular weight excluding hydrogens is 393 g/mol. The molecule has 0 unspecified atom stereocenters. The number of esters is 1. The van der Waals surface area contributed by atoms with E-state index in [0.29, 0.717) is 11.3 Å². The Labute approximate surface area is 174 Å². The number of benzene rings is 1. The van der Waals surface area contributed by atoms with E-state index < -0.39 is 41.8 Å². The molecule has 2 rings (SSSR count). The van der Waals surface area contributed by atoms with E-state index in [1.165, 1.54) is 32.1 Å². The summed E-state index contributed by atoms with van der Waals surface area (Å²) < 4.78 is 19.6. The van der Waals surface area contributed by atoms with Crippen LogP contribution in [0.1, 0.15) is 50.0 Å². The lowest BCUT2D eigenvalue weighted by molar-refractivity contribution is -0.130. The number of rotatable bonds is 2. The third-order valence-electron chi connectivity index (χ3n) is 4.79. The number of aliphatic hydroxyl groups is 2. The zero-order chi connectivity index (χ0) is 22.6. The third-order valence-corrected chi connectivity index (χ3v) is 4.79. The van der Waals surface area contributed by atoms with Crippen LogP contribution in [0.2, 0.25) is 0 Å². The minimum Gasteiger partial charge on any atom is -0.507 e. The summed E-state index contributed by atoms with van der Waals surface area (Å²) in [6.45, 7) is 6.89. The largest absolute Gasteiger partial charge is 0.507 e. The molecule has 0 aromatic heterocycles. The highest BCUT2D eigenvalue weighted by Gasteiger charge is 2.29. The Hall–Kier alpha value is -2.71. The predicted molar refractivity (Wildman–Crippen MR) is 111 cm³/mol. The molecule has 1 heterocycles. The van der Waals surface area contributed by atoms with Gasteiger partial charge >= 0.3 is 5.97 Å². The Morgan fingerprint density at radius 2 is 1.87 bits per heavy atom. The van der Waals surface area contributed by atoms with Gasteiger partial charge in [-0.25, -0.2) is 9.18 Å². The molecule has 0 spiro atoms. The summed E-state index contributed by atoms with van der Waals surface area (Å²) in [5.41, 5.74) is 0.823. The van der Waals surface area contributed by atoms with Crippen LogP contribution in [0.3, 0.4) is 0 Å². The van der Waals surface area contributed by atoms with Gasteiger partial charge in [-0.1, -0.05) is 19.1 Å². The fourth-order valence-corrected chi connectivity index (χ4v) is 2.98. The normalized spacial score (nSPS) is 28.7. The Balaban J connectivity index is 2.54. The fourth-order valence-electron chi connectivity index (χ4n) is 2.98. The van der Waals surface area contributed by atoms with E-state index in [2.05, 4.69) is 5.32 Å². The Kier molecular flexibility index (Phi) is 7.75. The van der Waals surface area contributed by atoms with Crippen molar-refractivity contribution in [3.8, 4) is 5.75 Å². The fraction of sp³-hybridized carbons (Fsp3) is 0.455. The van der Waals surface area contributed by atoms with Gasteiger partial charge in [-0.05, 0) is 44.9 Å². The van der Waals surface area contributed by atoms with Crippen molar-refractivity contribution in [3.05, 3.63) is 41.2 Å². The second-order valence-electron chi connectivity index (χ2n) is 7.76. The molecule has 164 valence electrons. The van der Waals surface area contributed by atoms with Gasteiger partial charge in [0.1, 0.15) is 23.5 Å². The molecule has 1 aliphatic rings. The van der Waals surface area contributed by atoms with Crippen LogP contribution in [0.25, 0.3) is 6.08 Å². The van der Waals surface area contributed by atoms with Crippen LogP contribution in [-0.4, -0.2) is 51.4 Å². The van der Waals surface area contributed by atoms with E-state index in [4.69, 9.17) is 4.74 Å². The van der Waals surface area contributed by atoms with Crippen LogP contribution in [0, 0.1) is 5.92 Å². The number of cyclic esters (lactones) is 1. The van der Waals surface area contributed by atoms with Crippen molar-refractivity contribution < 1.29 is 34.0 Å². The number of anilines is 1. The number of aliphatic hydroxyl groups excluding tert-OH is 2. The highest BCUT2D eigenvalue weighted by atomic mass is 19.1. The van der Waals surface area contributed by atoms with Gasteiger partial charge in [0, 0.05) is 23.7 Å². The lowest BCUT2D eigenvalue weighted by Gasteiger charge is -2.21. The van der Waals surface area contributed by atoms with Gasteiger partial charge in [-0.3, -0.25) is 4.79 Å². The number of hydrogen-bond acceptors (Lipinski definition) is 7. The first kappa shape index (κ1) is 23.6. The van der Waals surface area contributed by atoms with E-state index in [1.54, 1.807) is 6.07 Å². The number of phenolic OH excluding ortho intramolecular Hbond substituents is 1. The number of aromatic hydroxyl groups is 1. The van der Waals surface area contributed by atoms with Gasteiger partial charge < -0.3 is 25.4 Å². The summed E-state index contributed by atoms with van der Waals surface area (Å²) in [5, 5.41) is 33.6. The van der Waals surface area contributed by atoms with E-state index in [1.807, 2.05) is 13.8 Å². The number of Topliss-reactive ketones (excluding diaryl/α,β-unsaturated/α-hetero) is 1. The Morgan fingerprint density at radius 1 is 1.20 bits per heavy atom. The number of carbonyl (C=O) groups is 2. The van der Waals surface area contributed by atoms with Gasteiger partial charge in [0.15, 0.2) is 5.83 Å². The van der Waals surface area contributed by atoms with Crippen molar-refractivity contribution in [2.24, 2.45) is 5.92 Å². The van der Waals surface area contributed by atoms with E-state index in [9.17, 15) is 29.3 Å². The molecule has 1 aliphatic heterocycles. The van der Waals surface area contributed by atoms with E-state index in [-0.39, 0.29) is 23.8 Å².